The van der Waals surface area contributed by atoms with E-state index >= 15 is 0 Å². The number of halogens is 1. The molecule has 0 radical (unpaired) electrons. The quantitative estimate of drug-likeness (QED) is 0.442. The Morgan fingerprint density at radius 1 is 1.23 bits per heavy atom. The second-order valence-corrected chi connectivity index (χ2v) is 9.99. The third kappa shape index (κ3) is 4.92. The number of rotatable bonds is 7. The second-order valence-electron chi connectivity index (χ2n) is 9.99. The predicted octanol–water partition coefficient (Wildman–Crippen LogP) is 5.69. The van der Waals surface area contributed by atoms with Crippen molar-refractivity contribution in [2.24, 2.45) is 13.0 Å². The van der Waals surface area contributed by atoms with Crippen molar-refractivity contribution in [2.75, 3.05) is 5.32 Å². The number of ketones is 1. The van der Waals surface area contributed by atoms with Crippen molar-refractivity contribution in [3.63, 3.8) is 0 Å². The van der Waals surface area contributed by atoms with Crippen LogP contribution in [0.4, 0.5) is 10.2 Å². The van der Waals surface area contributed by atoms with Crippen molar-refractivity contribution in [3.8, 4) is 17.2 Å². The van der Waals surface area contributed by atoms with Crippen molar-refractivity contribution in [3.05, 3.63) is 65.1 Å². The molecule has 2 aromatic carbocycles. The molecule has 2 aliphatic rings. The summed E-state index contributed by atoms with van der Waals surface area (Å²) in [6.07, 6.45) is 5.88. The van der Waals surface area contributed by atoms with Gasteiger partial charge in [-0.15, -0.1) is 0 Å². The van der Waals surface area contributed by atoms with E-state index in [0.29, 0.717) is 41.6 Å². The highest BCUT2D eigenvalue weighted by atomic mass is 19.1. The van der Waals surface area contributed by atoms with Crippen LogP contribution in [0.15, 0.2) is 42.6 Å². The van der Waals surface area contributed by atoms with Gasteiger partial charge in [0.1, 0.15) is 28.7 Å². The summed E-state index contributed by atoms with van der Waals surface area (Å²) >= 11 is 0. The van der Waals surface area contributed by atoms with E-state index in [4.69, 9.17) is 9.47 Å². The number of ether oxygens (including phenoxy) is 2. The van der Waals surface area contributed by atoms with Crippen LogP contribution < -0.4 is 14.8 Å². The Bertz CT molecular complexity index is 1310. The van der Waals surface area contributed by atoms with Crippen molar-refractivity contribution >= 4 is 17.5 Å². The van der Waals surface area contributed by atoms with Gasteiger partial charge in [-0.1, -0.05) is 19.3 Å². The fourth-order valence-electron chi connectivity index (χ4n) is 4.52. The molecule has 2 heterocycles. The van der Waals surface area contributed by atoms with Crippen LogP contribution in [0.25, 0.3) is 0 Å². The minimum atomic E-state index is -0.607. The van der Waals surface area contributed by atoms with Gasteiger partial charge in [-0.05, 0) is 44.0 Å². The molecule has 1 amide bonds. The molecule has 0 unspecified atom stereocenters. The number of nitrogens with zero attached hydrogens (tertiary/aromatic N) is 2. The van der Waals surface area contributed by atoms with E-state index in [1.807, 2.05) is 13.8 Å². The third-order valence-electron chi connectivity index (χ3n) is 6.54. The molecular formula is C27H28FN3O4. The summed E-state index contributed by atoms with van der Waals surface area (Å²) in [4.78, 5) is 25.4. The number of anilines is 1. The first-order valence-electron chi connectivity index (χ1n) is 11.8. The summed E-state index contributed by atoms with van der Waals surface area (Å²) in [6, 6.07) is 9.28. The van der Waals surface area contributed by atoms with Crippen LogP contribution in [0.5, 0.6) is 17.2 Å². The highest BCUT2D eigenvalue weighted by Gasteiger charge is 2.34. The van der Waals surface area contributed by atoms with Gasteiger partial charge in [0.25, 0.3) is 5.91 Å². The van der Waals surface area contributed by atoms with Gasteiger partial charge in [-0.3, -0.25) is 14.3 Å². The number of hydrogen-bond acceptors (Lipinski definition) is 5. The summed E-state index contributed by atoms with van der Waals surface area (Å²) in [6.45, 7) is 3.90. The summed E-state index contributed by atoms with van der Waals surface area (Å²) in [5.41, 5.74) is 0.742. The molecule has 5 rings (SSSR count). The highest BCUT2D eigenvalue weighted by molar-refractivity contribution is 6.04. The molecule has 1 aliphatic carbocycles. The van der Waals surface area contributed by atoms with E-state index in [9.17, 15) is 14.0 Å². The summed E-state index contributed by atoms with van der Waals surface area (Å²) in [7, 11) is 1.76. The van der Waals surface area contributed by atoms with Crippen molar-refractivity contribution in [1.29, 1.82) is 0 Å². The minimum absolute atomic E-state index is 0.0856. The lowest BCUT2D eigenvalue weighted by Gasteiger charge is -2.24. The minimum Gasteiger partial charge on any atom is -0.487 e. The third-order valence-corrected chi connectivity index (χ3v) is 6.54. The Balaban J connectivity index is 1.41. The summed E-state index contributed by atoms with van der Waals surface area (Å²) in [5.74, 6) is 0.838. The molecule has 0 bridgehead atoms. The number of aromatic nitrogens is 2. The molecule has 35 heavy (non-hydrogen) atoms. The van der Waals surface area contributed by atoms with E-state index < -0.39 is 11.4 Å². The topological polar surface area (TPSA) is 82.5 Å². The maximum Gasteiger partial charge on any atom is 0.257 e. The number of carbonyl (C=O) groups is 2. The number of Topliss-reactive ketones (excluding diaryl/α,β-unsaturated/α-hetero) is 1. The Morgan fingerprint density at radius 2 is 2.03 bits per heavy atom. The average Bonchev–Trinajstić information content (AvgIpc) is 3.31. The van der Waals surface area contributed by atoms with Gasteiger partial charge in [0.2, 0.25) is 0 Å². The Kier molecular flexibility index (Phi) is 5.83. The lowest BCUT2D eigenvalue weighted by Crippen LogP contribution is -2.24. The van der Waals surface area contributed by atoms with Crippen molar-refractivity contribution in [2.45, 2.75) is 51.6 Å². The monoisotopic (exact) mass is 477 g/mol. The molecule has 182 valence electrons. The molecule has 0 atom stereocenters. The number of benzene rings is 2. The molecule has 1 aromatic heterocycles. The van der Waals surface area contributed by atoms with Crippen LogP contribution in [-0.2, 0) is 13.5 Å². The molecule has 8 heteroatoms. The molecule has 7 nitrogen and oxygen atoms in total. The molecule has 0 saturated heterocycles. The van der Waals surface area contributed by atoms with Crippen LogP contribution in [-0.4, -0.2) is 27.1 Å². The van der Waals surface area contributed by atoms with E-state index in [1.165, 1.54) is 12.1 Å². The first-order valence-corrected chi connectivity index (χ1v) is 11.8. The Hall–Kier alpha value is -3.68. The number of nitrogens with one attached hydrogen (secondary N) is 1. The zero-order chi connectivity index (χ0) is 24.7. The molecule has 3 aromatic rings. The number of carbonyl (C=O) groups excluding carboxylic acids is 2. The predicted molar refractivity (Wildman–Crippen MR) is 129 cm³/mol. The Labute approximate surface area is 203 Å². The number of aryl methyl sites for hydroxylation is 1. The van der Waals surface area contributed by atoms with Crippen molar-refractivity contribution < 1.29 is 23.5 Å². The normalized spacial score (nSPS) is 16.2. The maximum absolute atomic E-state index is 14.8. The standard InChI is InChI=1S/C27H28FN3O4/c1-27(2)15-20-23(12-17(13-24(20)35-27)26(33)29-25-9-10-31(3)30-25)34-18-7-8-19(21(28)14-18)22(32)11-16-5-4-6-16/h7-10,12-14,16H,4-6,11,15H2,1-3H3,(H,29,30,33). The fraction of sp³-hybridized carbons (Fsp3) is 0.370. The first-order chi connectivity index (χ1) is 16.7. The first kappa shape index (κ1) is 23.1. The van der Waals surface area contributed by atoms with Gasteiger partial charge in [0.05, 0.1) is 5.56 Å². The summed E-state index contributed by atoms with van der Waals surface area (Å²) in [5, 5.41) is 6.93. The second kappa shape index (κ2) is 8.83. The molecule has 1 aliphatic heterocycles. The molecule has 0 spiro atoms. The Morgan fingerprint density at radius 3 is 2.69 bits per heavy atom. The van der Waals surface area contributed by atoms with Gasteiger partial charge in [0.15, 0.2) is 11.6 Å². The van der Waals surface area contributed by atoms with Gasteiger partial charge >= 0.3 is 0 Å². The molecule has 1 fully saturated rings. The zero-order valence-corrected chi connectivity index (χ0v) is 20.1. The van der Waals surface area contributed by atoms with E-state index in [0.717, 1.165) is 24.8 Å². The van der Waals surface area contributed by atoms with Crippen molar-refractivity contribution in [1.82, 2.24) is 9.78 Å². The van der Waals surface area contributed by atoms with Gasteiger partial charge in [-0.2, -0.15) is 5.10 Å². The van der Waals surface area contributed by atoms with Crippen LogP contribution in [0.1, 0.15) is 65.8 Å². The van der Waals surface area contributed by atoms with E-state index in [1.54, 1.807) is 42.2 Å². The van der Waals surface area contributed by atoms with Gasteiger partial charge in [-0.25, -0.2) is 4.39 Å². The van der Waals surface area contributed by atoms with E-state index in [-0.39, 0.29) is 23.0 Å². The number of amides is 1. The van der Waals surface area contributed by atoms with Gasteiger partial charge in [0, 0.05) is 49.3 Å². The average molecular weight is 478 g/mol. The maximum atomic E-state index is 14.8. The lowest BCUT2D eigenvalue weighted by molar-refractivity contribution is 0.0931. The fourth-order valence-corrected chi connectivity index (χ4v) is 4.52. The van der Waals surface area contributed by atoms with Crippen LogP contribution >= 0.6 is 0 Å². The molecule has 1 saturated carbocycles. The number of hydrogen-bond donors (Lipinski definition) is 1. The largest absolute Gasteiger partial charge is 0.487 e. The lowest BCUT2D eigenvalue weighted by atomic mass is 9.81. The van der Waals surface area contributed by atoms with Crippen LogP contribution in [0.3, 0.4) is 0 Å². The van der Waals surface area contributed by atoms with Crippen LogP contribution in [0.2, 0.25) is 0 Å². The van der Waals surface area contributed by atoms with Crippen LogP contribution in [0, 0.1) is 11.7 Å². The SMILES string of the molecule is Cn1ccc(NC(=O)c2cc(Oc3ccc(C(=O)CC4CCC4)c(F)c3)c3c(c2)OC(C)(C)C3)n1. The molecular weight excluding hydrogens is 449 g/mol. The summed E-state index contributed by atoms with van der Waals surface area (Å²) < 4.78 is 28.5. The molecule has 1 N–H and O–H groups in total. The smallest absolute Gasteiger partial charge is 0.257 e. The van der Waals surface area contributed by atoms with E-state index in [2.05, 4.69) is 10.4 Å². The highest BCUT2D eigenvalue weighted by Crippen LogP contribution is 2.43. The number of fused-ring (bicyclic) bond motifs is 1. The van der Waals surface area contributed by atoms with Gasteiger partial charge < -0.3 is 14.8 Å². The zero-order valence-electron chi connectivity index (χ0n) is 20.1.